The lowest BCUT2D eigenvalue weighted by Gasteiger charge is -2.07. The van der Waals surface area contributed by atoms with Gasteiger partial charge in [-0.25, -0.2) is 13.9 Å². The van der Waals surface area contributed by atoms with Crippen LogP contribution in [-0.2, 0) is 9.53 Å². The minimum Gasteiger partial charge on any atom is -0.452 e. The summed E-state index contributed by atoms with van der Waals surface area (Å²) in [6.07, 6.45) is 0. The van der Waals surface area contributed by atoms with Crippen LogP contribution in [0.5, 0.6) is 0 Å². The standard InChI is InChI=1S/C19H14BrClFN3O3/c1-11-17(18(21)25(24-11)15-7-5-13(22)6-8-15)19(27)28-10-16(26)23-14-4-2-3-12(20)9-14/h2-9H,10H2,1H3,(H,23,26). The van der Waals surface area contributed by atoms with Gasteiger partial charge in [0.05, 0.1) is 11.4 Å². The van der Waals surface area contributed by atoms with Gasteiger partial charge in [-0.2, -0.15) is 5.10 Å². The van der Waals surface area contributed by atoms with Crippen molar-refractivity contribution in [1.29, 1.82) is 0 Å². The largest absolute Gasteiger partial charge is 0.452 e. The Morgan fingerprint density at radius 3 is 2.64 bits per heavy atom. The van der Waals surface area contributed by atoms with Crippen molar-refractivity contribution in [2.45, 2.75) is 6.92 Å². The summed E-state index contributed by atoms with van der Waals surface area (Å²) in [5.41, 5.74) is 1.42. The molecule has 0 saturated carbocycles. The number of hydrogen-bond donors (Lipinski definition) is 1. The van der Waals surface area contributed by atoms with Gasteiger partial charge in [-0.15, -0.1) is 0 Å². The molecule has 0 atom stereocenters. The molecule has 0 aliphatic rings. The van der Waals surface area contributed by atoms with E-state index in [2.05, 4.69) is 26.3 Å². The minimum absolute atomic E-state index is 0.0153. The molecule has 1 aromatic heterocycles. The number of benzene rings is 2. The number of carbonyl (C=O) groups excluding carboxylic acids is 2. The van der Waals surface area contributed by atoms with E-state index in [0.29, 0.717) is 17.1 Å². The first-order valence-corrected chi connectivity index (χ1v) is 9.26. The number of carbonyl (C=O) groups is 2. The molecule has 6 nitrogen and oxygen atoms in total. The summed E-state index contributed by atoms with van der Waals surface area (Å²) < 4.78 is 20.3. The number of rotatable bonds is 5. The lowest BCUT2D eigenvalue weighted by atomic mass is 10.2. The van der Waals surface area contributed by atoms with Crippen molar-refractivity contribution in [3.8, 4) is 5.69 Å². The molecule has 3 rings (SSSR count). The number of aromatic nitrogens is 2. The maximum absolute atomic E-state index is 13.1. The van der Waals surface area contributed by atoms with Crippen molar-refractivity contribution < 1.29 is 18.7 Å². The quantitative estimate of drug-likeness (QED) is 0.561. The van der Waals surface area contributed by atoms with E-state index in [1.165, 1.54) is 28.9 Å². The third-order valence-electron chi connectivity index (χ3n) is 3.72. The molecule has 0 saturated heterocycles. The number of esters is 1. The fourth-order valence-electron chi connectivity index (χ4n) is 2.45. The summed E-state index contributed by atoms with van der Waals surface area (Å²) in [6, 6.07) is 12.5. The van der Waals surface area contributed by atoms with Crippen molar-refractivity contribution in [1.82, 2.24) is 9.78 Å². The van der Waals surface area contributed by atoms with Crippen LogP contribution in [0.1, 0.15) is 16.1 Å². The molecule has 0 bridgehead atoms. The molecular weight excluding hydrogens is 453 g/mol. The Morgan fingerprint density at radius 2 is 1.96 bits per heavy atom. The molecule has 0 unspecified atom stereocenters. The molecule has 28 heavy (non-hydrogen) atoms. The van der Waals surface area contributed by atoms with Gasteiger partial charge in [-0.05, 0) is 49.4 Å². The summed E-state index contributed by atoms with van der Waals surface area (Å²) in [6.45, 7) is 1.10. The molecule has 0 aliphatic heterocycles. The number of amides is 1. The Kier molecular flexibility index (Phi) is 6.11. The van der Waals surface area contributed by atoms with Gasteiger partial charge in [0.25, 0.3) is 5.91 Å². The summed E-state index contributed by atoms with van der Waals surface area (Å²) >= 11 is 9.57. The molecule has 144 valence electrons. The SMILES string of the molecule is Cc1nn(-c2ccc(F)cc2)c(Cl)c1C(=O)OCC(=O)Nc1cccc(Br)c1. The van der Waals surface area contributed by atoms with Crippen LogP contribution < -0.4 is 5.32 Å². The number of nitrogens with one attached hydrogen (secondary N) is 1. The van der Waals surface area contributed by atoms with E-state index in [0.717, 1.165) is 4.47 Å². The van der Waals surface area contributed by atoms with E-state index in [1.54, 1.807) is 25.1 Å². The molecule has 3 aromatic rings. The Bertz CT molecular complexity index is 1040. The predicted octanol–water partition coefficient (Wildman–Crippen LogP) is 4.53. The van der Waals surface area contributed by atoms with Gasteiger partial charge in [-0.3, -0.25) is 4.79 Å². The van der Waals surface area contributed by atoms with Crippen LogP contribution in [0.25, 0.3) is 5.69 Å². The molecular formula is C19H14BrClFN3O3. The van der Waals surface area contributed by atoms with Gasteiger partial charge >= 0.3 is 5.97 Å². The van der Waals surface area contributed by atoms with Crippen LogP contribution in [-0.4, -0.2) is 28.3 Å². The minimum atomic E-state index is -0.778. The molecule has 1 N–H and O–H groups in total. The van der Waals surface area contributed by atoms with Crippen LogP contribution in [0.3, 0.4) is 0 Å². The zero-order chi connectivity index (χ0) is 20.3. The second kappa shape index (κ2) is 8.53. The van der Waals surface area contributed by atoms with Gasteiger partial charge < -0.3 is 10.1 Å². The summed E-state index contributed by atoms with van der Waals surface area (Å²) in [7, 11) is 0. The second-order valence-electron chi connectivity index (χ2n) is 5.77. The molecule has 9 heteroatoms. The van der Waals surface area contributed by atoms with Crippen molar-refractivity contribution in [3.05, 3.63) is 75.2 Å². The van der Waals surface area contributed by atoms with Crippen LogP contribution in [0.2, 0.25) is 5.15 Å². The fraction of sp³-hybridized carbons (Fsp3) is 0.105. The van der Waals surface area contributed by atoms with Crippen molar-refractivity contribution in [3.63, 3.8) is 0 Å². The van der Waals surface area contributed by atoms with Crippen LogP contribution in [0.4, 0.5) is 10.1 Å². The van der Waals surface area contributed by atoms with E-state index in [1.807, 2.05) is 6.07 Å². The van der Waals surface area contributed by atoms with Crippen molar-refractivity contribution in [2.75, 3.05) is 11.9 Å². The molecule has 0 fully saturated rings. The average Bonchev–Trinajstić information content (AvgIpc) is 2.95. The summed E-state index contributed by atoms with van der Waals surface area (Å²) in [5, 5.41) is 6.83. The number of nitrogens with zero attached hydrogens (tertiary/aromatic N) is 2. The van der Waals surface area contributed by atoms with Crippen LogP contribution in [0.15, 0.2) is 53.0 Å². The topological polar surface area (TPSA) is 73.2 Å². The summed E-state index contributed by atoms with van der Waals surface area (Å²) in [4.78, 5) is 24.4. The first-order chi connectivity index (χ1) is 13.3. The molecule has 1 heterocycles. The van der Waals surface area contributed by atoms with Crippen LogP contribution >= 0.6 is 27.5 Å². The fourth-order valence-corrected chi connectivity index (χ4v) is 3.20. The number of ether oxygens (including phenoxy) is 1. The van der Waals surface area contributed by atoms with E-state index in [4.69, 9.17) is 16.3 Å². The first kappa shape index (κ1) is 20.0. The zero-order valence-corrected chi connectivity index (χ0v) is 16.9. The third kappa shape index (κ3) is 4.58. The second-order valence-corrected chi connectivity index (χ2v) is 7.05. The maximum atomic E-state index is 13.1. The highest BCUT2D eigenvalue weighted by Gasteiger charge is 2.23. The number of aryl methyl sites for hydroxylation is 1. The smallest absolute Gasteiger partial charge is 0.343 e. The Morgan fingerprint density at radius 1 is 1.25 bits per heavy atom. The lowest BCUT2D eigenvalue weighted by molar-refractivity contribution is -0.119. The van der Waals surface area contributed by atoms with Gasteiger partial charge in [0, 0.05) is 10.2 Å². The molecule has 0 radical (unpaired) electrons. The average molecular weight is 467 g/mol. The predicted molar refractivity (Wildman–Crippen MR) is 106 cm³/mol. The normalized spacial score (nSPS) is 10.6. The van der Waals surface area contributed by atoms with Crippen LogP contribution in [0, 0.1) is 12.7 Å². The maximum Gasteiger partial charge on any atom is 0.343 e. The van der Waals surface area contributed by atoms with Gasteiger partial charge in [0.1, 0.15) is 16.5 Å². The Balaban J connectivity index is 1.69. The van der Waals surface area contributed by atoms with Gasteiger partial charge in [0.15, 0.2) is 6.61 Å². The number of anilines is 1. The van der Waals surface area contributed by atoms with Gasteiger partial charge in [0.2, 0.25) is 0 Å². The lowest BCUT2D eigenvalue weighted by Crippen LogP contribution is -2.21. The molecule has 2 aromatic carbocycles. The number of hydrogen-bond acceptors (Lipinski definition) is 4. The highest BCUT2D eigenvalue weighted by molar-refractivity contribution is 9.10. The Hall–Kier alpha value is -2.71. The highest BCUT2D eigenvalue weighted by atomic mass is 79.9. The highest BCUT2D eigenvalue weighted by Crippen LogP contribution is 2.24. The van der Waals surface area contributed by atoms with E-state index in [-0.39, 0.29) is 10.7 Å². The first-order valence-electron chi connectivity index (χ1n) is 8.09. The molecule has 1 amide bonds. The van der Waals surface area contributed by atoms with E-state index < -0.39 is 24.3 Å². The summed E-state index contributed by atoms with van der Waals surface area (Å²) in [5.74, 6) is -1.67. The monoisotopic (exact) mass is 465 g/mol. The molecule has 0 aliphatic carbocycles. The van der Waals surface area contributed by atoms with Crippen molar-refractivity contribution >= 4 is 45.1 Å². The third-order valence-corrected chi connectivity index (χ3v) is 4.56. The number of halogens is 3. The van der Waals surface area contributed by atoms with E-state index >= 15 is 0 Å². The Labute approximate surface area is 173 Å². The van der Waals surface area contributed by atoms with E-state index in [9.17, 15) is 14.0 Å². The van der Waals surface area contributed by atoms with Gasteiger partial charge in [-0.1, -0.05) is 33.6 Å². The van der Waals surface area contributed by atoms with Crippen molar-refractivity contribution in [2.24, 2.45) is 0 Å². The zero-order valence-electron chi connectivity index (χ0n) is 14.6. The molecule has 0 spiro atoms.